The Labute approximate surface area is 168 Å². The van der Waals surface area contributed by atoms with Crippen LogP contribution in [0.15, 0.2) is 66.7 Å². The van der Waals surface area contributed by atoms with Gasteiger partial charge in [0.2, 0.25) is 4.77 Å². The zero-order chi connectivity index (χ0) is 19.5. The lowest BCUT2D eigenvalue weighted by Gasteiger charge is -2.14. The van der Waals surface area contributed by atoms with Crippen LogP contribution in [-0.2, 0) is 13.2 Å². The average Bonchev–Trinajstić information content (AvgIpc) is 3.08. The Morgan fingerprint density at radius 1 is 0.964 bits per heavy atom. The number of rotatable bonds is 6. The minimum Gasteiger partial charge on any atom is -0.497 e. The molecule has 7 heteroatoms. The fraction of sp³-hybridized carbons (Fsp3) is 0.190. The molecule has 0 saturated carbocycles. The summed E-state index contributed by atoms with van der Waals surface area (Å²) in [6.45, 7) is 1.51. The van der Waals surface area contributed by atoms with E-state index in [1.165, 1.54) is 21.2 Å². The molecule has 4 aromatic rings. The van der Waals surface area contributed by atoms with Crippen LogP contribution >= 0.6 is 12.2 Å². The van der Waals surface area contributed by atoms with Crippen LogP contribution in [0.25, 0.3) is 16.5 Å². The molecule has 1 unspecified atom stereocenters. The molecular weight excluding hydrogens is 370 g/mol. The number of nitrogens with zero attached hydrogens (tertiary/aromatic N) is 4. The first-order valence-corrected chi connectivity index (χ1v) is 9.51. The largest absolute Gasteiger partial charge is 0.497 e. The van der Waals surface area contributed by atoms with E-state index in [9.17, 15) is 0 Å². The highest BCUT2D eigenvalue weighted by Crippen LogP contribution is 2.21. The minimum atomic E-state index is 0.594. The van der Waals surface area contributed by atoms with E-state index >= 15 is 0 Å². The Hall–Kier alpha value is -3.03. The van der Waals surface area contributed by atoms with E-state index in [4.69, 9.17) is 17.0 Å². The molecule has 1 atom stereocenters. The Kier molecular flexibility index (Phi) is 5.18. The van der Waals surface area contributed by atoms with Gasteiger partial charge in [-0.15, -0.1) is 0 Å². The third-order valence-electron chi connectivity index (χ3n) is 4.68. The Morgan fingerprint density at radius 2 is 1.71 bits per heavy atom. The normalized spacial score (nSPS) is 12.2. The van der Waals surface area contributed by atoms with Crippen molar-refractivity contribution in [2.24, 2.45) is 0 Å². The predicted molar refractivity (Wildman–Crippen MR) is 111 cm³/mol. The van der Waals surface area contributed by atoms with E-state index in [2.05, 4.69) is 47.8 Å². The van der Waals surface area contributed by atoms with Crippen LogP contribution in [0.1, 0.15) is 5.56 Å². The van der Waals surface area contributed by atoms with Crippen molar-refractivity contribution < 1.29 is 9.64 Å². The second-order valence-electron chi connectivity index (χ2n) is 6.85. The van der Waals surface area contributed by atoms with Gasteiger partial charge in [-0.05, 0) is 63.7 Å². The van der Waals surface area contributed by atoms with Crippen molar-refractivity contribution in [2.75, 3.05) is 14.2 Å². The van der Waals surface area contributed by atoms with E-state index in [1.54, 1.807) is 16.5 Å². The van der Waals surface area contributed by atoms with E-state index in [-0.39, 0.29) is 0 Å². The van der Waals surface area contributed by atoms with E-state index in [0.29, 0.717) is 11.4 Å². The summed E-state index contributed by atoms with van der Waals surface area (Å²) in [4.78, 5) is 1.27. The molecule has 0 aliphatic rings. The van der Waals surface area contributed by atoms with Crippen LogP contribution in [0.3, 0.4) is 0 Å². The summed E-state index contributed by atoms with van der Waals surface area (Å²) in [5.41, 5.74) is 2.18. The van der Waals surface area contributed by atoms with Crippen molar-refractivity contribution in [1.82, 2.24) is 19.8 Å². The van der Waals surface area contributed by atoms with Crippen LogP contribution in [0.4, 0.5) is 0 Å². The van der Waals surface area contributed by atoms with Gasteiger partial charge < -0.3 is 9.64 Å². The van der Waals surface area contributed by atoms with Crippen LogP contribution in [-0.4, -0.2) is 33.9 Å². The van der Waals surface area contributed by atoms with Gasteiger partial charge in [0.25, 0.3) is 0 Å². The molecule has 0 saturated heterocycles. The predicted octanol–water partition coefficient (Wildman–Crippen LogP) is 2.63. The summed E-state index contributed by atoms with van der Waals surface area (Å²) in [7, 11) is 3.81. The van der Waals surface area contributed by atoms with Gasteiger partial charge in [-0.2, -0.15) is 9.36 Å². The SMILES string of the molecule is COc1ccc2cc(C[NH+](C)Cn3nnn(-c4ccccc4)c3=S)ccc2c1. The van der Waals surface area contributed by atoms with Crippen molar-refractivity contribution in [3.05, 3.63) is 77.1 Å². The lowest BCUT2D eigenvalue weighted by atomic mass is 10.1. The van der Waals surface area contributed by atoms with Gasteiger partial charge in [-0.3, -0.25) is 0 Å². The molecule has 1 N–H and O–H groups in total. The summed E-state index contributed by atoms with van der Waals surface area (Å²) in [5, 5.41) is 10.8. The molecule has 0 aliphatic carbocycles. The third-order valence-corrected chi connectivity index (χ3v) is 5.06. The average molecular weight is 393 g/mol. The molecule has 0 spiro atoms. The number of para-hydroxylation sites is 1. The Balaban J connectivity index is 1.49. The molecule has 0 bridgehead atoms. The lowest BCUT2D eigenvalue weighted by molar-refractivity contribution is -0.917. The molecule has 0 radical (unpaired) electrons. The fourth-order valence-corrected chi connectivity index (χ4v) is 3.52. The minimum absolute atomic E-state index is 0.594. The first-order valence-electron chi connectivity index (χ1n) is 9.10. The Bertz CT molecular complexity index is 1150. The molecule has 1 aromatic heterocycles. The fourth-order valence-electron chi connectivity index (χ4n) is 3.27. The first-order chi connectivity index (χ1) is 13.6. The van der Waals surface area contributed by atoms with Crippen LogP contribution in [0, 0.1) is 4.77 Å². The second-order valence-corrected chi connectivity index (χ2v) is 7.21. The van der Waals surface area contributed by atoms with Gasteiger partial charge in [-0.25, -0.2) is 0 Å². The number of quaternary nitrogens is 1. The van der Waals surface area contributed by atoms with Gasteiger partial charge in [0, 0.05) is 5.56 Å². The summed E-state index contributed by atoms with van der Waals surface area (Å²) >= 11 is 5.55. The molecule has 28 heavy (non-hydrogen) atoms. The number of hydrogen-bond donors (Lipinski definition) is 1. The number of tetrazole rings is 1. The summed E-state index contributed by atoms with van der Waals surface area (Å²) < 4.78 is 9.34. The maximum Gasteiger partial charge on any atom is 0.225 e. The quantitative estimate of drug-likeness (QED) is 0.513. The summed E-state index contributed by atoms with van der Waals surface area (Å²) in [6, 6.07) is 22.5. The zero-order valence-corrected chi connectivity index (χ0v) is 16.7. The number of ether oxygens (including phenoxy) is 1. The maximum absolute atomic E-state index is 5.55. The molecule has 142 valence electrons. The molecular formula is C21H22N5OS+. The van der Waals surface area contributed by atoms with Gasteiger partial charge in [-0.1, -0.05) is 36.4 Å². The van der Waals surface area contributed by atoms with Gasteiger partial charge in [0.15, 0.2) is 6.67 Å². The lowest BCUT2D eigenvalue weighted by Crippen LogP contribution is -3.07. The van der Waals surface area contributed by atoms with Crippen molar-refractivity contribution in [2.45, 2.75) is 13.2 Å². The topological polar surface area (TPSA) is 49.3 Å². The number of benzene rings is 3. The van der Waals surface area contributed by atoms with E-state index in [0.717, 1.165) is 18.0 Å². The van der Waals surface area contributed by atoms with E-state index < -0.39 is 0 Å². The number of nitrogens with one attached hydrogen (secondary N) is 1. The maximum atomic E-state index is 5.55. The Morgan fingerprint density at radius 3 is 2.50 bits per heavy atom. The van der Waals surface area contributed by atoms with Gasteiger partial charge >= 0.3 is 0 Å². The molecule has 1 heterocycles. The van der Waals surface area contributed by atoms with Crippen molar-refractivity contribution in [1.29, 1.82) is 0 Å². The standard InChI is InChI=1S/C21H21N5OS/c1-24(14-16-8-9-18-13-20(27-2)11-10-17(18)12-16)15-25-21(28)26(23-22-25)19-6-4-3-5-7-19/h3-13H,14-15H2,1-2H3/p+1. The number of hydrogen-bond acceptors (Lipinski definition) is 4. The highest BCUT2D eigenvalue weighted by Gasteiger charge is 2.11. The van der Waals surface area contributed by atoms with E-state index in [1.807, 2.05) is 36.4 Å². The molecule has 0 aliphatic heterocycles. The number of aromatic nitrogens is 4. The smallest absolute Gasteiger partial charge is 0.225 e. The summed E-state index contributed by atoms with van der Waals surface area (Å²) in [5.74, 6) is 0.874. The van der Waals surface area contributed by atoms with Crippen LogP contribution < -0.4 is 9.64 Å². The monoisotopic (exact) mass is 392 g/mol. The molecule has 0 fully saturated rings. The molecule has 6 nitrogen and oxygen atoms in total. The highest BCUT2D eigenvalue weighted by molar-refractivity contribution is 7.71. The third kappa shape index (κ3) is 3.81. The second kappa shape index (κ2) is 7.92. The van der Waals surface area contributed by atoms with Crippen LogP contribution in [0.2, 0.25) is 0 Å². The first kappa shape index (κ1) is 18.3. The number of methoxy groups -OCH3 is 1. The molecule has 3 aromatic carbocycles. The number of fused-ring (bicyclic) bond motifs is 1. The zero-order valence-electron chi connectivity index (χ0n) is 15.9. The molecule has 0 amide bonds. The molecule has 4 rings (SSSR count). The summed E-state index contributed by atoms with van der Waals surface area (Å²) in [6.07, 6.45) is 0. The van der Waals surface area contributed by atoms with Gasteiger partial charge in [0.05, 0.1) is 19.8 Å². The van der Waals surface area contributed by atoms with Gasteiger partial charge in [0.1, 0.15) is 12.3 Å². The van der Waals surface area contributed by atoms with Crippen molar-refractivity contribution in [3.63, 3.8) is 0 Å². The van der Waals surface area contributed by atoms with Crippen molar-refractivity contribution >= 4 is 23.0 Å². The van der Waals surface area contributed by atoms with Crippen LogP contribution in [0.5, 0.6) is 5.75 Å². The van der Waals surface area contributed by atoms with Crippen molar-refractivity contribution in [3.8, 4) is 11.4 Å². The highest BCUT2D eigenvalue weighted by atomic mass is 32.1.